The normalized spacial score (nSPS) is 23.3. The average Bonchev–Trinajstić information content (AvgIpc) is 3.39. The second-order valence-corrected chi connectivity index (χ2v) is 7.46. The minimum atomic E-state index is -0.887. The zero-order valence-electron chi connectivity index (χ0n) is 13.8. The van der Waals surface area contributed by atoms with Crippen molar-refractivity contribution in [3.05, 3.63) is 33.8 Å². The van der Waals surface area contributed by atoms with Gasteiger partial charge < -0.3 is 14.7 Å². The van der Waals surface area contributed by atoms with E-state index in [0.29, 0.717) is 23.3 Å². The Kier molecular flexibility index (Phi) is 5.87. The van der Waals surface area contributed by atoms with Gasteiger partial charge in [-0.2, -0.15) is 0 Å². The predicted octanol–water partition coefficient (Wildman–Crippen LogP) is 3.58. The Morgan fingerprint density at radius 2 is 1.92 bits per heavy atom. The van der Waals surface area contributed by atoms with Crippen molar-refractivity contribution in [2.24, 2.45) is 5.92 Å². The van der Waals surface area contributed by atoms with Gasteiger partial charge in [-0.25, -0.2) is 0 Å². The molecule has 136 valence electrons. The maximum absolute atomic E-state index is 13.0. The van der Waals surface area contributed by atoms with E-state index in [1.54, 1.807) is 11.0 Å². The summed E-state index contributed by atoms with van der Waals surface area (Å²) < 4.78 is 5.36. The van der Waals surface area contributed by atoms with E-state index in [-0.39, 0.29) is 36.8 Å². The molecule has 1 aliphatic heterocycles. The molecule has 0 unspecified atom stereocenters. The molecule has 3 rings (SSSR count). The van der Waals surface area contributed by atoms with Crippen molar-refractivity contribution < 1.29 is 19.4 Å². The van der Waals surface area contributed by atoms with E-state index in [2.05, 4.69) is 0 Å². The predicted molar refractivity (Wildman–Crippen MR) is 95.1 cm³/mol. The Hall–Kier alpha value is -1.30. The largest absolute Gasteiger partial charge is 0.481 e. The van der Waals surface area contributed by atoms with Gasteiger partial charge in [-0.3, -0.25) is 9.59 Å². The van der Waals surface area contributed by atoms with E-state index in [1.165, 1.54) is 0 Å². The number of hydrogen-bond acceptors (Lipinski definition) is 3. The zero-order chi connectivity index (χ0) is 18.0. The lowest BCUT2D eigenvalue weighted by molar-refractivity contribution is -0.141. The standard InChI is InChI=1S/C18H21Cl2NO4/c19-15-2-1-11(9-16(15)20)13-10-14(13)18(24)21(6-3-17(22)23)12-4-7-25-8-5-12/h1-2,9,12-14H,3-8,10H2,(H,22,23)/t13-,14+/m1/s1. The Morgan fingerprint density at radius 1 is 1.20 bits per heavy atom. The van der Waals surface area contributed by atoms with E-state index >= 15 is 0 Å². The van der Waals surface area contributed by atoms with E-state index in [0.717, 1.165) is 24.8 Å². The Balaban J connectivity index is 1.69. The first kappa shape index (κ1) is 18.5. The van der Waals surface area contributed by atoms with Crippen LogP contribution in [0.25, 0.3) is 0 Å². The third kappa shape index (κ3) is 4.46. The summed E-state index contributed by atoms with van der Waals surface area (Å²) in [6, 6.07) is 5.54. The lowest BCUT2D eigenvalue weighted by Gasteiger charge is -2.34. The second kappa shape index (κ2) is 7.94. The summed E-state index contributed by atoms with van der Waals surface area (Å²) in [6.07, 6.45) is 2.25. The van der Waals surface area contributed by atoms with Crippen LogP contribution in [-0.4, -0.2) is 47.7 Å². The van der Waals surface area contributed by atoms with Crippen molar-refractivity contribution in [2.75, 3.05) is 19.8 Å². The number of carboxylic acids is 1. The van der Waals surface area contributed by atoms with Gasteiger partial charge in [0, 0.05) is 31.7 Å². The molecule has 1 aromatic carbocycles. The van der Waals surface area contributed by atoms with Gasteiger partial charge in [-0.15, -0.1) is 0 Å². The summed E-state index contributed by atoms with van der Waals surface area (Å²) in [7, 11) is 0. The van der Waals surface area contributed by atoms with Crippen LogP contribution in [-0.2, 0) is 14.3 Å². The number of amides is 1. The summed E-state index contributed by atoms with van der Waals surface area (Å²) in [6.45, 7) is 1.48. The fourth-order valence-corrected chi connectivity index (χ4v) is 3.78. The van der Waals surface area contributed by atoms with Crippen LogP contribution >= 0.6 is 23.2 Å². The molecular formula is C18H21Cl2NO4. The molecule has 7 heteroatoms. The topological polar surface area (TPSA) is 66.8 Å². The van der Waals surface area contributed by atoms with Gasteiger partial charge in [0.25, 0.3) is 0 Å². The molecule has 1 saturated heterocycles. The van der Waals surface area contributed by atoms with Crippen molar-refractivity contribution >= 4 is 35.1 Å². The van der Waals surface area contributed by atoms with E-state index in [4.69, 9.17) is 33.0 Å². The molecule has 1 aliphatic carbocycles. The van der Waals surface area contributed by atoms with Gasteiger partial charge in [-0.05, 0) is 42.9 Å². The molecule has 25 heavy (non-hydrogen) atoms. The summed E-state index contributed by atoms with van der Waals surface area (Å²) in [5, 5.41) is 9.98. The number of hydrogen-bond donors (Lipinski definition) is 1. The molecule has 0 spiro atoms. The molecule has 0 bridgehead atoms. The van der Waals surface area contributed by atoms with Crippen molar-refractivity contribution in [3.8, 4) is 0 Å². The van der Waals surface area contributed by atoms with Crippen molar-refractivity contribution in [1.82, 2.24) is 4.90 Å². The van der Waals surface area contributed by atoms with Gasteiger partial charge >= 0.3 is 5.97 Å². The van der Waals surface area contributed by atoms with E-state index < -0.39 is 5.97 Å². The van der Waals surface area contributed by atoms with Crippen LogP contribution in [0.3, 0.4) is 0 Å². The molecule has 1 amide bonds. The number of aliphatic carboxylic acids is 1. The summed E-state index contributed by atoms with van der Waals surface area (Å²) in [5.74, 6) is -0.811. The van der Waals surface area contributed by atoms with Crippen LogP contribution in [0.2, 0.25) is 10.0 Å². The molecule has 2 atom stereocenters. The second-order valence-electron chi connectivity index (χ2n) is 6.64. The Labute approximate surface area is 156 Å². The molecule has 1 heterocycles. The number of halogens is 2. The first-order chi connectivity index (χ1) is 12.0. The maximum Gasteiger partial charge on any atom is 0.305 e. The van der Waals surface area contributed by atoms with Crippen LogP contribution in [0.5, 0.6) is 0 Å². The van der Waals surface area contributed by atoms with Crippen molar-refractivity contribution in [2.45, 2.75) is 37.6 Å². The molecule has 0 radical (unpaired) electrons. The number of carboxylic acid groups (broad SMARTS) is 1. The highest BCUT2D eigenvalue weighted by Crippen LogP contribution is 2.49. The third-order valence-electron chi connectivity index (χ3n) is 4.96. The van der Waals surface area contributed by atoms with Gasteiger partial charge in [-0.1, -0.05) is 29.3 Å². The van der Waals surface area contributed by atoms with Gasteiger partial charge in [0.2, 0.25) is 5.91 Å². The molecule has 1 N–H and O–H groups in total. The van der Waals surface area contributed by atoms with Crippen LogP contribution in [0.4, 0.5) is 0 Å². The third-order valence-corrected chi connectivity index (χ3v) is 5.70. The van der Waals surface area contributed by atoms with Crippen molar-refractivity contribution in [3.63, 3.8) is 0 Å². The van der Waals surface area contributed by atoms with Gasteiger partial charge in [0.05, 0.1) is 16.5 Å². The number of carbonyl (C=O) groups is 2. The first-order valence-corrected chi connectivity index (χ1v) is 9.28. The lowest BCUT2D eigenvalue weighted by atomic mass is 10.0. The number of rotatable bonds is 6. The highest BCUT2D eigenvalue weighted by atomic mass is 35.5. The summed E-state index contributed by atoms with van der Waals surface area (Å²) >= 11 is 12.0. The molecule has 0 aromatic heterocycles. The van der Waals surface area contributed by atoms with Gasteiger partial charge in [0.15, 0.2) is 0 Å². The molecule has 2 aliphatic rings. The van der Waals surface area contributed by atoms with E-state index in [1.807, 2.05) is 12.1 Å². The van der Waals surface area contributed by atoms with Gasteiger partial charge in [0.1, 0.15) is 0 Å². The highest BCUT2D eigenvalue weighted by Gasteiger charge is 2.47. The SMILES string of the molecule is O=C(O)CCN(C(=O)[C@H]1C[C@@H]1c1ccc(Cl)c(Cl)c1)C1CCOCC1. The number of carbonyl (C=O) groups excluding carboxylic acids is 1. The van der Waals surface area contributed by atoms with Crippen LogP contribution in [0.15, 0.2) is 18.2 Å². The molecular weight excluding hydrogens is 365 g/mol. The van der Waals surface area contributed by atoms with E-state index in [9.17, 15) is 9.59 Å². The Morgan fingerprint density at radius 3 is 2.56 bits per heavy atom. The highest BCUT2D eigenvalue weighted by molar-refractivity contribution is 6.42. The van der Waals surface area contributed by atoms with Crippen molar-refractivity contribution in [1.29, 1.82) is 0 Å². The molecule has 2 fully saturated rings. The number of ether oxygens (including phenoxy) is 1. The van der Waals surface area contributed by atoms with Crippen LogP contribution in [0, 0.1) is 5.92 Å². The summed E-state index contributed by atoms with van der Waals surface area (Å²) in [4.78, 5) is 25.7. The minimum Gasteiger partial charge on any atom is -0.481 e. The number of benzene rings is 1. The molecule has 1 aromatic rings. The van der Waals surface area contributed by atoms with Crippen LogP contribution < -0.4 is 0 Å². The quantitative estimate of drug-likeness (QED) is 0.812. The maximum atomic E-state index is 13.0. The average molecular weight is 386 g/mol. The Bertz CT molecular complexity index is 660. The summed E-state index contributed by atoms with van der Waals surface area (Å²) in [5.41, 5.74) is 1.01. The minimum absolute atomic E-state index is 0.0345. The molecule has 5 nitrogen and oxygen atoms in total. The fourth-order valence-electron chi connectivity index (χ4n) is 3.48. The van der Waals surface area contributed by atoms with Crippen LogP contribution in [0.1, 0.15) is 37.2 Å². The monoisotopic (exact) mass is 385 g/mol. The first-order valence-electron chi connectivity index (χ1n) is 8.52. The molecule has 1 saturated carbocycles. The lowest BCUT2D eigenvalue weighted by Crippen LogP contribution is -2.45. The number of nitrogens with zero attached hydrogens (tertiary/aromatic N) is 1. The zero-order valence-corrected chi connectivity index (χ0v) is 15.3. The fraction of sp³-hybridized carbons (Fsp3) is 0.556. The smallest absolute Gasteiger partial charge is 0.305 e.